The van der Waals surface area contributed by atoms with Crippen LogP contribution in [0.4, 0.5) is 5.82 Å². The topological polar surface area (TPSA) is 97.0 Å². The summed E-state index contributed by atoms with van der Waals surface area (Å²) in [4.78, 5) is 27.1. The average molecular weight is 338 g/mol. The zero-order valence-electron chi connectivity index (χ0n) is 14.1. The molecule has 1 unspecified atom stereocenters. The molecule has 7 nitrogen and oxygen atoms in total. The molecule has 4 rings (SSSR count). The molecule has 25 heavy (non-hydrogen) atoms. The SMILES string of the molecule is NC(=O)c1ncc(N2CC(C3CCCCN3)C2)nc1-c1ccccn1. The molecule has 2 fully saturated rings. The Morgan fingerprint density at radius 1 is 1.24 bits per heavy atom. The first kappa shape index (κ1) is 16.0. The number of rotatable bonds is 4. The van der Waals surface area contributed by atoms with Crippen LogP contribution >= 0.6 is 0 Å². The Labute approximate surface area is 146 Å². The van der Waals surface area contributed by atoms with Gasteiger partial charge < -0.3 is 16.0 Å². The molecule has 130 valence electrons. The number of piperidine rings is 1. The van der Waals surface area contributed by atoms with Crippen LogP contribution in [-0.4, -0.2) is 46.5 Å². The van der Waals surface area contributed by atoms with Crippen molar-refractivity contribution in [1.29, 1.82) is 0 Å². The number of hydrogen-bond acceptors (Lipinski definition) is 6. The molecule has 0 spiro atoms. The second-order valence-corrected chi connectivity index (χ2v) is 6.73. The summed E-state index contributed by atoms with van der Waals surface area (Å²) in [5, 5.41) is 3.62. The second-order valence-electron chi connectivity index (χ2n) is 6.73. The standard InChI is InChI=1S/C18H22N6O/c19-18(25)17-16(14-6-2-4-8-21-14)23-15(9-22-17)24-10-12(11-24)13-5-1-3-7-20-13/h2,4,6,8-9,12-13,20H,1,3,5,7,10-11H2,(H2,19,25). The van der Waals surface area contributed by atoms with Crippen molar-refractivity contribution in [2.45, 2.75) is 25.3 Å². The van der Waals surface area contributed by atoms with E-state index in [1.807, 2.05) is 18.2 Å². The summed E-state index contributed by atoms with van der Waals surface area (Å²) in [5.74, 6) is 0.835. The maximum Gasteiger partial charge on any atom is 0.269 e. The minimum atomic E-state index is -0.590. The molecule has 2 saturated heterocycles. The summed E-state index contributed by atoms with van der Waals surface area (Å²) < 4.78 is 0. The highest BCUT2D eigenvalue weighted by atomic mass is 16.1. The maximum absolute atomic E-state index is 11.7. The number of nitrogens with one attached hydrogen (secondary N) is 1. The molecule has 0 bridgehead atoms. The minimum absolute atomic E-state index is 0.161. The van der Waals surface area contributed by atoms with Gasteiger partial charge in [0.2, 0.25) is 0 Å². The van der Waals surface area contributed by atoms with Crippen molar-refractivity contribution in [3.63, 3.8) is 0 Å². The van der Waals surface area contributed by atoms with Gasteiger partial charge >= 0.3 is 0 Å². The zero-order chi connectivity index (χ0) is 17.2. The number of primary amides is 1. The van der Waals surface area contributed by atoms with E-state index in [-0.39, 0.29) is 5.69 Å². The predicted octanol–water partition coefficient (Wildman–Crippen LogP) is 1.22. The number of carbonyl (C=O) groups is 1. The summed E-state index contributed by atoms with van der Waals surface area (Å²) in [7, 11) is 0. The van der Waals surface area contributed by atoms with Crippen LogP contribution in [0.2, 0.25) is 0 Å². The number of nitrogens with zero attached hydrogens (tertiary/aromatic N) is 4. The lowest BCUT2D eigenvalue weighted by Gasteiger charge is -2.45. The van der Waals surface area contributed by atoms with Gasteiger partial charge in [-0.05, 0) is 31.5 Å². The molecule has 1 amide bonds. The van der Waals surface area contributed by atoms with Crippen molar-refractivity contribution in [3.8, 4) is 11.4 Å². The minimum Gasteiger partial charge on any atom is -0.364 e. The van der Waals surface area contributed by atoms with Crippen LogP contribution in [0.1, 0.15) is 29.8 Å². The number of amides is 1. The van der Waals surface area contributed by atoms with E-state index in [4.69, 9.17) is 5.73 Å². The highest BCUT2D eigenvalue weighted by Gasteiger charge is 2.35. The van der Waals surface area contributed by atoms with E-state index in [9.17, 15) is 4.79 Å². The van der Waals surface area contributed by atoms with Gasteiger partial charge in [0.15, 0.2) is 5.69 Å². The molecule has 2 aliphatic rings. The van der Waals surface area contributed by atoms with Crippen LogP contribution in [-0.2, 0) is 0 Å². The number of nitrogens with two attached hydrogens (primary N) is 1. The smallest absolute Gasteiger partial charge is 0.269 e. The quantitative estimate of drug-likeness (QED) is 0.870. The third kappa shape index (κ3) is 3.19. The van der Waals surface area contributed by atoms with Gasteiger partial charge in [0.25, 0.3) is 5.91 Å². The Morgan fingerprint density at radius 3 is 2.80 bits per heavy atom. The van der Waals surface area contributed by atoms with Gasteiger partial charge in [-0.3, -0.25) is 9.78 Å². The normalized spacial score (nSPS) is 21.0. The molecule has 2 aromatic heterocycles. The van der Waals surface area contributed by atoms with Crippen molar-refractivity contribution in [2.24, 2.45) is 11.7 Å². The Morgan fingerprint density at radius 2 is 2.12 bits per heavy atom. The first-order valence-electron chi connectivity index (χ1n) is 8.79. The van der Waals surface area contributed by atoms with E-state index >= 15 is 0 Å². The molecule has 2 aromatic rings. The summed E-state index contributed by atoms with van der Waals surface area (Å²) in [6, 6.07) is 6.10. The van der Waals surface area contributed by atoms with Crippen molar-refractivity contribution in [3.05, 3.63) is 36.3 Å². The third-order valence-corrected chi connectivity index (χ3v) is 5.05. The van der Waals surface area contributed by atoms with E-state index in [1.165, 1.54) is 19.3 Å². The molecule has 2 aliphatic heterocycles. The molecular weight excluding hydrogens is 316 g/mol. The number of aromatic nitrogens is 3. The molecule has 7 heteroatoms. The number of hydrogen-bond donors (Lipinski definition) is 2. The lowest BCUT2D eigenvalue weighted by Crippen LogP contribution is -2.57. The van der Waals surface area contributed by atoms with Gasteiger partial charge in [0.1, 0.15) is 11.5 Å². The number of pyridine rings is 1. The summed E-state index contributed by atoms with van der Waals surface area (Å²) in [6.45, 7) is 3.05. The van der Waals surface area contributed by atoms with Crippen molar-refractivity contribution in [1.82, 2.24) is 20.3 Å². The molecule has 4 heterocycles. The van der Waals surface area contributed by atoms with Gasteiger partial charge in [-0.15, -0.1) is 0 Å². The van der Waals surface area contributed by atoms with Gasteiger partial charge in [-0.25, -0.2) is 9.97 Å². The lowest BCUT2D eigenvalue weighted by molar-refractivity contribution is 0.0996. The second kappa shape index (κ2) is 6.76. The first-order valence-corrected chi connectivity index (χ1v) is 8.79. The maximum atomic E-state index is 11.7. The molecule has 0 radical (unpaired) electrons. The van der Waals surface area contributed by atoms with Crippen LogP contribution in [0.3, 0.4) is 0 Å². The van der Waals surface area contributed by atoms with Crippen LogP contribution < -0.4 is 16.0 Å². The van der Waals surface area contributed by atoms with Gasteiger partial charge in [-0.1, -0.05) is 12.5 Å². The fourth-order valence-electron chi connectivity index (χ4n) is 3.63. The summed E-state index contributed by atoms with van der Waals surface area (Å²) >= 11 is 0. The molecule has 0 saturated carbocycles. The fourth-order valence-corrected chi connectivity index (χ4v) is 3.63. The molecule has 3 N–H and O–H groups in total. The monoisotopic (exact) mass is 338 g/mol. The first-order chi connectivity index (χ1) is 12.2. The predicted molar refractivity (Wildman–Crippen MR) is 95.1 cm³/mol. The summed E-state index contributed by atoms with van der Waals surface area (Å²) in [5.41, 5.74) is 6.67. The molecule has 0 aliphatic carbocycles. The number of anilines is 1. The molecular formula is C18H22N6O. The van der Waals surface area contributed by atoms with E-state index < -0.39 is 5.91 Å². The Balaban J connectivity index is 1.54. The Hall–Kier alpha value is -2.54. The van der Waals surface area contributed by atoms with E-state index in [1.54, 1.807) is 12.4 Å². The van der Waals surface area contributed by atoms with E-state index in [2.05, 4.69) is 25.2 Å². The third-order valence-electron chi connectivity index (χ3n) is 5.05. The van der Waals surface area contributed by atoms with Crippen LogP contribution in [0.25, 0.3) is 11.4 Å². The Bertz CT molecular complexity index is 753. The van der Waals surface area contributed by atoms with Crippen LogP contribution in [0.15, 0.2) is 30.6 Å². The largest absolute Gasteiger partial charge is 0.364 e. The highest BCUT2D eigenvalue weighted by molar-refractivity contribution is 5.96. The molecule has 0 aromatic carbocycles. The van der Waals surface area contributed by atoms with Gasteiger partial charge in [0, 0.05) is 31.2 Å². The number of carbonyl (C=O) groups excluding carboxylic acids is 1. The lowest BCUT2D eigenvalue weighted by atomic mass is 9.86. The van der Waals surface area contributed by atoms with E-state index in [0.29, 0.717) is 23.3 Å². The van der Waals surface area contributed by atoms with Crippen LogP contribution in [0.5, 0.6) is 0 Å². The van der Waals surface area contributed by atoms with Crippen molar-refractivity contribution in [2.75, 3.05) is 24.5 Å². The highest BCUT2D eigenvalue weighted by Crippen LogP contribution is 2.29. The van der Waals surface area contributed by atoms with Crippen molar-refractivity contribution >= 4 is 11.7 Å². The fraction of sp³-hybridized carbons (Fsp3) is 0.444. The van der Waals surface area contributed by atoms with Crippen molar-refractivity contribution < 1.29 is 4.79 Å². The molecule has 1 atom stereocenters. The Kier molecular flexibility index (Phi) is 4.31. The summed E-state index contributed by atoms with van der Waals surface area (Å²) in [6.07, 6.45) is 7.15. The van der Waals surface area contributed by atoms with Gasteiger partial charge in [0.05, 0.1) is 11.9 Å². The van der Waals surface area contributed by atoms with Crippen LogP contribution in [0, 0.1) is 5.92 Å². The average Bonchev–Trinajstić information content (AvgIpc) is 2.62. The van der Waals surface area contributed by atoms with Gasteiger partial charge in [-0.2, -0.15) is 0 Å². The zero-order valence-corrected chi connectivity index (χ0v) is 14.1. The van der Waals surface area contributed by atoms with E-state index in [0.717, 1.165) is 25.5 Å².